The van der Waals surface area contributed by atoms with Gasteiger partial charge in [0.15, 0.2) is 17.3 Å². The van der Waals surface area contributed by atoms with E-state index < -0.39 is 0 Å². The molecule has 6 nitrogen and oxygen atoms in total. The second-order valence-corrected chi connectivity index (χ2v) is 6.45. The van der Waals surface area contributed by atoms with E-state index in [4.69, 9.17) is 21.1 Å². The standard InChI is InChI=1S/C19H21ClN4O2/c1-3-26-16-11-13(10-15(20)18(16)25-2)9-14(12-21)19-23-22-17-7-5-4-6-8-24(17)19/h9-11H,3-8H2,1-2H3/b14-9+. The normalized spacial score (nSPS) is 14.3. The molecule has 0 unspecified atom stereocenters. The van der Waals surface area contributed by atoms with Gasteiger partial charge in [-0.3, -0.25) is 0 Å². The molecule has 0 N–H and O–H groups in total. The third-order valence-electron chi connectivity index (χ3n) is 4.32. The number of rotatable bonds is 5. The molecular formula is C19H21ClN4O2. The van der Waals surface area contributed by atoms with Crippen molar-refractivity contribution in [1.82, 2.24) is 14.8 Å². The lowest BCUT2D eigenvalue weighted by Gasteiger charge is -2.12. The summed E-state index contributed by atoms with van der Waals surface area (Å²) in [5.41, 5.74) is 1.20. The SMILES string of the molecule is CCOc1cc(/C=C(\C#N)c2nnc3n2CCCCC3)cc(Cl)c1OC. The van der Waals surface area contributed by atoms with Crippen LogP contribution in [-0.2, 0) is 13.0 Å². The smallest absolute Gasteiger partial charge is 0.179 e. The minimum absolute atomic E-state index is 0.432. The third kappa shape index (κ3) is 3.68. The van der Waals surface area contributed by atoms with Crippen LogP contribution < -0.4 is 9.47 Å². The van der Waals surface area contributed by atoms with Crippen LogP contribution in [0.25, 0.3) is 11.6 Å². The molecule has 2 aromatic rings. The minimum Gasteiger partial charge on any atom is -0.491 e. The molecule has 1 aromatic carbocycles. The highest BCUT2D eigenvalue weighted by Gasteiger charge is 2.18. The van der Waals surface area contributed by atoms with Gasteiger partial charge in [-0.25, -0.2) is 0 Å². The molecule has 136 valence electrons. The average molecular weight is 373 g/mol. The Bertz CT molecular complexity index is 867. The van der Waals surface area contributed by atoms with Crippen molar-refractivity contribution in [1.29, 1.82) is 5.26 Å². The molecule has 26 heavy (non-hydrogen) atoms. The number of aryl methyl sites for hydroxylation is 1. The van der Waals surface area contributed by atoms with Crippen LogP contribution in [0.4, 0.5) is 0 Å². The summed E-state index contributed by atoms with van der Waals surface area (Å²) in [6.45, 7) is 3.22. The van der Waals surface area contributed by atoms with E-state index in [0.29, 0.717) is 34.5 Å². The number of hydrogen-bond donors (Lipinski definition) is 0. The van der Waals surface area contributed by atoms with Gasteiger partial charge in [-0.2, -0.15) is 5.26 Å². The van der Waals surface area contributed by atoms with Gasteiger partial charge in [0.1, 0.15) is 11.9 Å². The number of fused-ring (bicyclic) bond motifs is 1. The minimum atomic E-state index is 0.432. The summed E-state index contributed by atoms with van der Waals surface area (Å²) in [6.07, 6.45) is 6.00. The van der Waals surface area contributed by atoms with E-state index in [-0.39, 0.29) is 0 Å². The highest BCUT2D eigenvalue weighted by Crippen LogP contribution is 2.37. The number of ether oxygens (including phenoxy) is 2. The zero-order valence-corrected chi connectivity index (χ0v) is 15.7. The van der Waals surface area contributed by atoms with Gasteiger partial charge >= 0.3 is 0 Å². The number of aromatic nitrogens is 3. The van der Waals surface area contributed by atoms with Crippen LogP contribution in [0.3, 0.4) is 0 Å². The van der Waals surface area contributed by atoms with Gasteiger partial charge in [0.2, 0.25) is 0 Å². The summed E-state index contributed by atoms with van der Waals surface area (Å²) in [6, 6.07) is 5.81. The Kier molecular flexibility index (Phi) is 5.79. The second-order valence-electron chi connectivity index (χ2n) is 6.04. The molecule has 2 heterocycles. The van der Waals surface area contributed by atoms with Gasteiger partial charge in [0.25, 0.3) is 0 Å². The molecule has 0 aliphatic carbocycles. The fourth-order valence-corrected chi connectivity index (χ4v) is 3.43. The first-order valence-electron chi connectivity index (χ1n) is 8.72. The predicted molar refractivity (Wildman–Crippen MR) is 100 cm³/mol. The zero-order valence-electron chi connectivity index (χ0n) is 15.0. The van der Waals surface area contributed by atoms with Crippen molar-refractivity contribution in [3.05, 3.63) is 34.4 Å². The van der Waals surface area contributed by atoms with Gasteiger partial charge in [0, 0.05) is 13.0 Å². The van der Waals surface area contributed by atoms with Crippen molar-refractivity contribution in [2.45, 2.75) is 39.2 Å². The van der Waals surface area contributed by atoms with E-state index in [2.05, 4.69) is 20.8 Å². The van der Waals surface area contributed by atoms with Crippen LogP contribution in [-0.4, -0.2) is 28.5 Å². The van der Waals surface area contributed by atoms with Crippen LogP contribution >= 0.6 is 11.6 Å². The van der Waals surface area contributed by atoms with Crippen LogP contribution in [0.1, 0.15) is 43.4 Å². The Labute approximate surface area is 158 Å². The molecule has 1 aliphatic heterocycles. The first-order chi connectivity index (χ1) is 12.7. The van der Waals surface area contributed by atoms with Crippen LogP contribution in [0.15, 0.2) is 12.1 Å². The lowest BCUT2D eigenvalue weighted by Crippen LogP contribution is -2.05. The quantitative estimate of drug-likeness (QED) is 0.738. The molecule has 0 radical (unpaired) electrons. The molecule has 0 fully saturated rings. The maximum absolute atomic E-state index is 9.69. The zero-order chi connectivity index (χ0) is 18.5. The lowest BCUT2D eigenvalue weighted by molar-refractivity contribution is 0.311. The molecule has 0 atom stereocenters. The number of allylic oxidation sites excluding steroid dienone is 1. The predicted octanol–water partition coefficient (Wildman–Crippen LogP) is 4.13. The van der Waals surface area contributed by atoms with E-state index in [1.54, 1.807) is 19.3 Å². The molecule has 3 rings (SSSR count). The van der Waals surface area contributed by atoms with Gasteiger partial charge in [0.05, 0.1) is 24.3 Å². The van der Waals surface area contributed by atoms with Crippen molar-refractivity contribution < 1.29 is 9.47 Å². The molecule has 0 amide bonds. The maximum atomic E-state index is 9.69. The van der Waals surface area contributed by atoms with Crippen molar-refractivity contribution in [2.24, 2.45) is 0 Å². The summed E-state index contributed by atoms with van der Waals surface area (Å²) < 4.78 is 13.0. The maximum Gasteiger partial charge on any atom is 0.179 e. The largest absolute Gasteiger partial charge is 0.491 e. The van der Waals surface area contributed by atoms with Gasteiger partial charge in [-0.1, -0.05) is 18.0 Å². The Balaban J connectivity index is 2.03. The molecular weight excluding hydrogens is 352 g/mol. The highest BCUT2D eigenvalue weighted by molar-refractivity contribution is 6.32. The van der Waals surface area contributed by atoms with Crippen molar-refractivity contribution in [3.63, 3.8) is 0 Å². The Morgan fingerprint density at radius 1 is 1.35 bits per heavy atom. The van der Waals surface area contributed by atoms with E-state index in [9.17, 15) is 5.26 Å². The number of hydrogen-bond acceptors (Lipinski definition) is 5. The van der Waals surface area contributed by atoms with Crippen LogP contribution in [0.5, 0.6) is 11.5 Å². The first kappa shape index (κ1) is 18.3. The topological polar surface area (TPSA) is 73.0 Å². The lowest BCUT2D eigenvalue weighted by atomic mass is 10.1. The third-order valence-corrected chi connectivity index (χ3v) is 4.60. The van der Waals surface area contributed by atoms with E-state index in [1.165, 1.54) is 6.42 Å². The summed E-state index contributed by atoms with van der Waals surface area (Å²) in [5, 5.41) is 18.6. The molecule has 1 aliphatic rings. The number of methoxy groups -OCH3 is 1. The Morgan fingerprint density at radius 2 is 2.19 bits per heavy atom. The van der Waals surface area contributed by atoms with Crippen molar-refractivity contribution >= 4 is 23.3 Å². The average Bonchev–Trinajstić information content (AvgIpc) is 2.88. The molecule has 0 spiro atoms. The van der Waals surface area contributed by atoms with Crippen molar-refractivity contribution in [3.8, 4) is 17.6 Å². The van der Waals surface area contributed by atoms with E-state index in [1.807, 2.05) is 13.0 Å². The van der Waals surface area contributed by atoms with Gasteiger partial charge in [-0.05, 0) is 43.5 Å². The second kappa shape index (κ2) is 8.24. The first-order valence-corrected chi connectivity index (χ1v) is 9.10. The fraction of sp³-hybridized carbons (Fsp3) is 0.421. The summed E-state index contributed by atoms with van der Waals surface area (Å²) in [7, 11) is 1.55. The summed E-state index contributed by atoms with van der Waals surface area (Å²) in [4.78, 5) is 0. The molecule has 1 aromatic heterocycles. The summed E-state index contributed by atoms with van der Waals surface area (Å²) in [5.74, 6) is 2.59. The van der Waals surface area contributed by atoms with Crippen LogP contribution in [0, 0.1) is 11.3 Å². The van der Waals surface area contributed by atoms with E-state index in [0.717, 1.165) is 37.2 Å². The van der Waals surface area contributed by atoms with Crippen LogP contribution in [0.2, 0.25) is 5.02 Å². The molecule has 7 heteroatoms. The van der Waals surface area contributed by atoms with Gasteiger partial charge < -0.3 is 14.0 Å². The monoisotopic (exact) mass is 372 g/mol. The molecule has 0 saturated carbocycles. The number of nitrogens with zero attached hydrogens (tertiary/aromatic N) is 4. The summed E-state index contributed by atoms with van der Waals surface area (Å²) >= 11 is 6.31. The Hall–Kier alpha value is -2.52. The van der Waals surface area contributed by atoms with Crippen molar-refractivity contribution in [2.75, 3.05) is 13.7 Å². The Morgan fingerprint density at radius 3 is 2.92 bits per heavy atom. The van der Waals surface area contributed by atoms with E-state index >= 15 is 0 Å². The molecule has 0 bridgehead atoms. The molecule has 0 saturated heterocycles. The number of nitriles is 1. The van der Waals surface area contributed by atoms with Gasteiger partial charge in [-0.15, -0.1) is 10.2 Å². The number of halogens is 1. The fourth-order valence-electron chi connectivity index (χ4n) is 3.13. The highest BCUT2D eigenvalue weighted by atomic mass is 35.5. The number of benzene rings is 1.